The number of halogens is 11. The first-order valence-electron chi connectivity index (χ1n) is 33.9. The average Bonchev–Trinajstić information content (AvgIpc) is 0.803. The van der Waals surface area contributed by atoms with E-state index in [1.165, 1.54) is 183 Å². The Morgan fingerprint density at radius 2 is 0.780 bits per heavy atom. The zero-order valence-electron chi connectivity index (χ0n) is 60.7. The Balaban J connectivity index is 0.000000167. The number of anilines is 5. The lowest BCUT2D eigenvalue weighted by Crippen LogP contribution is -2.45. The van der Waals surface area contributed by atoms with Gasteiger partial charge in [0.05, 0.1) is 79.2 Å². The molecule has 0 aliphatic carbocycles. The molecule has 8 aromatic carbocycles. The standard InChI is InChI=1S/C24H23ClFN3O5S.C19H13BrClFN2O4S.2C18H11BrClFN2O3S/c1-15-13-28(14-16(2)34-15)23-6-4-19(12-21(23)26)35(32,33)27-22-5-3-18(25)11-20(22)24(30)17-7-9-29(31)10-8-17;1-11-2-3-12(10-24(11)26)19(25)15-8-13(21)4-7-18(15)23-29(27,28)14-5-6-16(20)17(22)9-14;19-15-3-2-13(10-16(15)21)27(25,26)23-17-4-1-12(20)9-14(17)18(24)11-5-7-22-8-6-11;19-15-5-4-13(9-16(15)21)27(25,26)23-17-6-3-12(20)8-14(17)18(24)11-2-1-7-22-10-11/h3-12,15-16,27H,13-14H2,1-2H3;2-10,23H,1H3;2*1-10,23H/t15-,16+;;;. The minimum absolute atomic E-state index is 0.0156. The Hall–Kier alpha value is -10.3. The van der Waals surface area contributed by atoms with Gasteiger partial charge in [-0.05, 0) is 238 Å². The van der Waals surface area contributed by atoms with Crippen molar-refractivity contribution in [3.05, 3.63) is 355 Å². The molecule has 0 bridgehead atoms. The average molecular weight is 1960 g/mol. The van der Waals surface area contributed by atoms with Gasteiger partial charge in [0.1, 0.15) is 23.3 Å². The molecule has 12 aromatic rings. The minimum atomic E-state index is -4.25. The van der Waals surface area contributed by atoms with Crippen molar-refractivity contribution in [3.8, 4) is 0 Å². The van der Waals surface area contributed by atoms with Gasteiger partial charge in [-0.3, -0.25) is 48.0 Å². The number of pyridine rings is 4. The van der Waals surface area contributed by atoms with E-state index in [4.69, 9.17) is 51.1 Å². The van der Waals surface area contributed by atoms with E-state index >= 15 is 0 Å². The van der Waals surface area contributed by atoms with Gasteiger partial charge in [-0.1, -0.05) is 46.4 Å². The van der Waals surface area contributed by atoms with Gasteiger partial charge in [-0.25, -0.2) is 51.2 Å². The molecule has 0 spiro atoms. The minimum Gasteiger partial charge on any atom is -0.619 e. The number of ether oxygens (including phenoxy) is 1. The van der Waals surface area contributed by atoms with Crippen LogP contribution in [0.3, 0.4) is 0 Å². The fourth-order valence-electron chi connectivity index (χ4n) is 11.1. The second-order valence-electron chi connectivity index (χ2n) is 25.3. The number of ketones is 4. The zero-order valence-corrected chi connectivity index (χ0v) is 71.8. The van der Waals surface area contributed by atoms with E-state index in [1.54, 1.807) is 19.1 Å². The summed E-state index contributed by atoms with van der Waals surface area (Å²) in [5, 5.41) is 24.0. The van der Waals surface area contributed by atoms with Crippen molar-refractivity contribution >= 4 is 186 Å². The van der Waals surface area contributed by atoms with Crippen molar-refractivity contribution in [1.82, 2.24) is 9.97 Å². The first-order valence-corrected chi connectivity index (χ1v) is 43.7. The molecule has 13 rings (SSSR count). The molecule has 0 saturated carbocycles. The lowest BCUT2D eigenvalue weighted by Gasteiger charge is -2.37. The number of sulfonamides is 4. The smallest absolute Gasteiger partial charge is 0.262 e. The molecule has 2 atom stereocenters. The van der Waals surface area contributed by atoms with Crippen molar-refractivity contribution in [2.45, 2.75) is 52.6 Å². The van der Waals surface area contributed by atoms with Crippen LogP contribution in [0.4, 0.5) is 46.0 Å². The molecule has 4 aromatic heterocycles. The van der Waals surface area contributed by atoms with Crippen molar-refractivity contribution < 1.29 is 84.6 Å². The molecular formula is C79H58Br3Cl4F4N9O15S4. The van der Waals surface area contributed by atoms with Crippen LogP contribution < -0.4 is 33.2 Å². The highest BCUT2D eigenvalue weighted by atomic mass is 79.9. The lowest BCUT2D eigenvalue weighted by atomic mass is 10.0. The Kier molecular flexibility index (Phi) is 29.5. The largest absolute Gasteiger partial charge is 0.619 e. The molecule has 0 radical (unpaired) electrons. The number of nitrogens with one attached hydrogen (secondary N) is 4. The van der Waals surface area contributed by atoms with Crippen LogP contribution in [-0.2, 0) is 44.8 Å². The highest BCUT2D eigenvalue weighted by Gasteiger charge is 2.30. The number of carbonyl (C=O) groups is 4. The highest BCUT2D eigenvalue weighted by molar-refractivity contribution is 9.11. The van der Waals surface area contributed by atoms with Gasteiger partial charge >= 0.3 is 0 Å². The number of rotatable bonds is 21. The Bertz CT molecular complexity index is 6190. The number of aromatic nitrogens is 4. The van der Waals surface area contributed by atoms with E-state index in [2.05, 4.69) is 76.6 Å². The van der Waals surface area contributed by atoms with Crippen LogP contribution in [0.25, 0.3) is 0 Å². The molecule has 118 heavy (non-hydrogen) atoms. The van der Waals surface area contributed by atoms with Crippen LogP contribution in [-0.4, -0.2) is 92.1 Å². The van der Waals surface area contributed by atoms with Gasteiger partial charge in [0.2, 0.25) is 5.78 Å². The summed E-state index contributed by atoms with van der Waals surface area (Å²) in [6.07, 6.45) is 9.01. The summed E-state index contributed by atoms with van der Waals surface area (Å²) in [6, 6.07) is 42.0. The summed E-state index contributed by atoms with van der Waals surface area (Å²) >= 11 is 32.9. The highest BCUT2D eigenvalue weighted by Crippen LogP contribution is 2.34. The van der Waals surface area contributed by atoms with Crippen molar-refractivity contribution in [1.29, 1.82) is 0 Å². The summed E-state index contributed by atoms with van der Waals surface area (Å²) in [4.78, 5) is 59.8. The molecule has 1 fully saturated rings. The molecule has 24 nitrogen and oxygen atoms in total. The maximum atomic E-state index is 15.0. The number of morpholine rings is 1. The SMILES string of the molecule is C[C@@H]1CN(c2ccc(S(=O)(=O)Nc3ccc(Cl)cc3C(=O)c3cc[n+]([O-])cc3)cc2F)C[C@H](C)O1.Cc1ccc(C(=O)c2cc(Cl)ccc2NS(=O)(=O)c2ccc(Br)c(F)c2)c[n+]1[O-].O=C(c1cccnc1)c1cc(Cl)ccc1NS(=O)(=O)c1ccc(Br)c(F)c1.O=C(c1ccncc1)c1cc(Cl)ccc1NS(=O)(=O)c1ccc(Br)c(F)c1. The number of aryl methyl sites for hydroxylation is 1. The molecular weight excluding hydrogens is 1900 g/mol. The maximum Gasteiger partial charge on any atom is 0.262 e. The van der Waals surface area contributed by atoms with Gasteiger partial charge in [-0.15, -0.1) is 0 Å². The Morgan fingerprint density at radius 1 is 0.432 bits per heavy atom. The van der Waals surface area contributed by atoms with E-state index in [1.807, 2.05) is 18.7 Å². The van der Waals surface area contributed by atoms with Gasteiger partial charge in [0.15, 0.2) is 41.6 Å². The number of hydrogen-bond donors (Lipinski definition) is 4. The number of nitrogens with zero attached hydrogens (tertiary/aromatic N) is 5. The predicted molar refractivity (Wildman–Crippen MR) is 448 cm³/mol. The third-order valence-corrected chi connectivity index (χ3v) is 25.1. The topological polar surface area (TPSA) is 345 Å². The van der Waals surface area contributed by atoms with Crippen LogP contribution in [0.2, 0.25) is 20.1 Å². The van der Waals surface area contributed by atoms with Crippen LogP contribution >= 0.6 is 94.2 Å². The fourth-order valence-corrected chi connectivity index (χ4v) is 16.9. The third-order valence-electron chi connectivity index (χ3n) is 16.8. The van der Waals surface area contributed by atoms with Crippen molar-refractivity contribution in [2.24, 2.45) is 0 Å². The van der Waals surface area contributed by atoms with Crippen LogP contribution in [0.5, 0.6) is 0 Å². The molecule has 1 aliphatic heterocycles. The van der Waals surface area contributed by atoms with E-state index in [9.17, 15) is 80.8 Å². The fraction of sp³-hybridized carbons (Fsp3) is 0.0886. The van der Waals surface area contributed by atoms with Gasteiger partial charge in [0, 0.05) is 122 Å². The molecule has 5 heterocycles. The summed E-state index contributed by atoms with van der Waals surface area (Å²) in [5.41, 5.74) is 1.52. The molecule has 1 aliphatic rings. The molecule has 39 heteroatoms. The molecule has 4 N–H and O–H groups in total. The number of carbonyl (C=O) groups excluding carboxylic acids is 4. The van der Waals surface area contributed by atoms with Crippen molar-refractivity contribution in [3.63, 3.8) is 0 Å². The van der Waals surface area contributed by atoms with Crippen LogP contribution in [0, 0.1) is 40.6 Å². The zero-order chi connectivity index (χ0) is 85.9. The summed E-state index contributed by atoms with van der Waals surface area (Å²) in [7, 11) is -16.7. The van der Waals surface area contributed by atoms with Gasteiger partial charge < -0.3 is 20.1 Å². The first kappa shape index (κ1) is 90.1. The Morgan fingerprint density at radius 3 is 1.13 bits per heavy atom. The summed E-state index contributed by atoms with van der Waals surface area (Å²) in [6.45, 7) is 6.32. The lowest BCUT2D eigenvalue weighted by molar-refractivity contribution is -0.612. The molecule has 610 valence electrons. The third kappa shape index (κ3) is 23.0. The van der Waals surface area contributed by atoms with Crippen molar-refractivity contribution in [2.75, 3.05) is 36.9 Å². The molecule has 0 unspecified atom stereocenters. The van der Waals surface area contributed by atoms with Crippen LogP contribution in [0.1, 0.15) is 83.2 Å². The summed E-state index contributed by atoms with van der Waals surface area (Å²) in [5.74, 6) is -4.90. The Labute approximate surface area is 718 Å². The second-order valence-corrected chi connectivity index (χ2v) is 36.3. The van der Waals surface area contributed by atoms with E-state index in [0.29, 0.717) is 33.8 Å². The monoisotopic (exact) mass is 1950 g/mol. The van der Waals surface area contributed by atoms with E-state index in [-0.39, 0.29) is 133 Å². The van der Waals surface area contributed by atoms with E-state index < -0.39 is 86.5 Å². The summed E-state index contributed by atoms with van der Waals surface area (Å²) < 4.78 is 175. The first-order chi connectivity index (χ1) is 55.7. The number of hydrogen-bond acceptors (Lipinski definition) is 18. The second kappa shape index (κ2) is 38.6. The predicted octanol–water partition coefficient (Wildman–Crippen LogP) is 17.3. The molecule has 1 saturated heterocycles. The van der Waals surface area contributed by atoms with E-state index in [0.717, 1.165) is 42.9 Å². The quantitative estimate of drug-likeness (QED) is 0.0225. The number of benzene rings is 8. The normalized spacial score (nSPS) is 13.4. The molecule has 0 amide bonds. The van der Waals surface area contributed by atoms with Gasteiger partial charge in [0.25, 0.3) is 40.1 Å². The van der Waals surface area contributed by atoms with Crippen LogP contribution in [0.15, 0.2) is 271 Å². The van der Waals surface area contributed by atoms with Gasteiger partial charge in [-0.2, -0.15) is 9.46 Å². The maximum absolute atomic E-state index is 15.0.